The SMILES string of the molecule is COc1nc(C)cc2c1ccn2SN1CCN(C(=O)OC(C)(C)C)CC1. The van der Waals surface area contributed by atoms with E-state index >= 15 is 0 Å². The molecular weight excluding hydrogens is 352 g/mol. The summed E-state index contributed by atoms with van der Waals surface area (Å²) in [5.41, 5.74) is 1.54. The van der Waals surface area contributed by atoms with Gasteiger partial charge in [-0.25, -0.2) is 14.1 Å². The number of aromatic nitrogens is 2. The van der Waals surface area contributed by atoms with Gasteiger partial charge >= 0.3 is 6.09 Å². The molecule has 8 heteroatoms. The van der Waals surface area contributed by atoms with Crippen LogP contribution in [0.1, 0.15) is 26.5 Å². The number of piperazine rings is 1. The van der Waals surface area contributed by atoms with Gasteiger partial charge in [0.1, 0.15) is 5.60 Å². The third-order valence-electron chi connectivity index (χ3n) is 4.03. The lowest BCUT2D eigenvalue weighted by molar-refractivity contribution is 0.0197. The molecule has 1 saturated heterocycles. The van der Waals surface area contributed by atoms with Crippen LogP contribution in [0.3, 0.4) is 0 Å². The van der Waals surface area contributed by atoms with Crippen molar-refractivity contribution in [2.24, 2.45) is 0 Å². The lowest BCUT2D eigenvalue weighted by Crippen LogP contribution is -2.48. The number of carbonyl (C=O) groups is 1. The maximum Gasteiger partial charge on any atom is 0.410 e. The van der Waals surface area contributed by atoms with Crippen molar-refractivity contribution in [2.75, 3.05) is 33.3 Å². The molecule has 0 bridgehead atoms. The number of pyridine rings is 1. The van der Waals surface area contributed by atoms with Gasteiger partial charge in [-0.15, -0.1) is 0 Å². The van der Waals surface area contributed by atoms with Gasteiger partial charge in [-0.2, -0.15) is 0 Å². The van der Waals surface area contributed by atoms with Crippen molar-refractivity contribution in [1.29, 1.82) is 0 Å². The number of hydrogen-bond donors (Lipinski definition) is 0. The molecule has 3 rings (SSSR count). The lowest BCUT2D eigenvalue weighted by Gasteiger charge is -2.34. The van der Waals surface area contributed by atoms with Crippen LogP contribution in [-0.4, -0.2) is 63.1 Å². The Kier molecular flexibility index (Phi) is 5.34. The second-order valence-corrected chi connectivity index (χ2v) is 8.40. The van der Waals surface area contributed by atoms with Gasteiger partial charge in [-0.1, -0.05) is 0 Å². The maximum absolute atomic E-state index is 12.2. The van der Waals surface area contributed by atoms with E-state index in [0.717, 1.165) is 29.7 Å². The van der Waals surface area contributed by atoms with E-state index in [1.807, 2.05) is 40.0 Å². The van der Waals surface area contributed by atoms with Crippen LogP contribution in [0.15, 0.2) is 18.3 Å². The molecule has 7 nitrogen and oxygen atoms in total. The minimum absolute atomic E-state index is 0.236. The lowest BCUT2D eigenvalue weighted by atomic mass is 10.2. The summed E-state index contributed by atoms with van der Waals surface area (Å²) in [6, 6.07) is 4.08. The van der Waals surface area contributed by atoms with Gasteiger partial charge in [0, 0.05) is 50.2 Å². The molecule has 0 aromatic carbocycles. The van der Waals surface area contributed by atoms with Gasteiger partial charge < -0.3 is 14.4 Å². The first-order valence-electron chi connectivity index (χ1n) is 8.71. The van der Waals surface area contributed by atoms with E-state index in [-0.39, 0.29) is 6.09 Å². The van der Waals surface area contributed by atoms with Gasteiger partial charge in [0.2, 0.25) is 5.88 Å². The van der Waals surface area contributed by atoms with Crippen LogP contribution >= 0.6 is 12.1 Å². The summed E-state index contributed by atoms with van der Waals surface area (Å²) in [6.45, 7) is 10.5. The second-order valence-electron chi connectivity index (χ2n) is 7.33. The first kappa shape index (κ1) is 18.8. The monoisotopic (exact) mass is 378 g/mol. The molecule has 1 amide bonds. The molecule has 0 radical (unpaired) electrons. The molecule has 0 unspecified atom stereocenters. The van der Waals surface area contributed by atoms with Gasteiger partial charge in [-0.05, 0) is 39.8 Å². The summed E-state index contributed by atoms with van der Waals surface area (Å²) in [4.78, 5) is 18.4. The highest BCUT2D eigenvalue weighted by molar-refractivity contribution is 7.95. The molecule has 1 aliphatic heterocycles. The van der Waals surface area contributed by atoms with Crippen LogP contribution in [0.25, 0.3) is 10.9 Å². The topological polar surface area (TPSA) is 59.8 Å². The van der Waals surface area contributed by atoms with Gasteiger partial charge in [0.25, 0.3) is 0 Å². The normalized spacial score (nSPS) is 16.1. The molecule has 0 N–H and O–H groups in total. The summed E-state index contributed by atoms with van der Waals surface area (Å²) in [7, 11) is 1.64. The average molecular weight is 378 g/mol. The van der Waals surface area contributed by atoms with Gasteiger partial charge in [0.15, 0.2) is 0 Å². The Balaban J connectivity index is 1.64. The van der Waals surface area contributed by atoms with E-state index in [9.17, 15) is 4.79 Å². The highest BCUT2D eigenvalue weighted by Gasteiger charge is 2.26. The number of amides is 1. The Morgan fingerprint density at radius 2 is 1.92 bits per heavy atom. The van der Waals surface area contributed by atoms with Gasteiger partial charge in [0.05, 0.1) is 18.0 Å². The van der Waals surface area contributed by atoms with Crippen LogP contribution in [0.2, 0.25) is 0 Å². The quantitative estimate of drug-likeness (QED) is 0.764. The minimum atomic E-state index is -0.460. The van der Waals surface area contributed by atoms with E-state index < -0.39 is 5.60 Å². The molecule has 3 heterocycles. The van der Waals surface area contributed by atoms with E-state index in [4.69, 9.17) is 9.47 Å². The predicted octanol–water partition coefficient (Wildman–Crippen LogP) is 3.32. The van der Waals surface area contributed by atoms with E-state index in [2.05, 4.69) is 19.3 Å². The molecule has 0 aliphatic carbocycles. The fourth-order valence-corrected chi connectivity index (χ4v) is 3.76. The third-order valence-corrected chi connectivity index (χ3v) is 5.12. The number of hydrogen-bond acceptors (Lipinski definition) is 6. The zero-order valence-corrected chi connectivity index (χ0v) is 16.8. The predicted molar refractivity (Wildman–Crippen MR) is 103 cm³/mol. The summed E-state index contributed by atoms with van der Waals surface area (Å²) < 4.78 is 15.2. The van der Waals surface area contributed by atoms with Crippen LogP contribution in [0, 0.1) is 6.92 Å². The third kappa shape index (κ3) is 4.24. The number of rotatable bonds is 3. The van der Waals surface area contributed by atoms with Crippen molar-refractivity contribution >= 4 is 29.1 Å². The molecule has 142 valence electrons. The number of aryl methyl sites for hydroxylation is 1. The molecule has 0 saturated carbocycles. The molecule has 0 spiro atoms. The molecular formula is C18H26N4O3S. The molecule has 0 atom stereocenters. The molecule has 1 fully saturated rings. The Morgan fingerprint density at radius 3 is 2.54 bits per heavy atom. The van der Waals surface area contributed by atoms with Crippen molar-refractivity contribution in [1.82, 2.24) is 18.2 Å². The summed E-state index contributed by atoms with van der Waals surface area (Å²) in [6.07, 6.45) is 1.79. The zero-order chi connectivity index (χ0) is 18.9. The minimum Gasteiger partial charge on any atom is -0.480 e. The number of carbonyl (C=O) groups excluding carboxylic acids is 1. The molecule has 2 aromatic heterocycles. The van der Waals surface area contributed by atoms with E-state index in [1.165, 1.54) is 0 Å². The summed E-state index contributed by atoms with van der Waals surface area (Å²) >= 11 is 1.64. The van der Waals surface area contributed by atoms with Crippen LogP contribution in [0.4, 0.5) is 4.79 Å². The fourth-order valence-electron chi connectivity index (χ4n) is 2.83. The molecule has 26 heavy (non-hydrogen) atoms. The summed E-state index contributed by atoms with van der Waals surface area (Å²) in [5, 5.41) is 0.998. The maximum atomic E-state index is 12.2. The Bertz CT molecular complexity index is 792. The number of nitrogens with zero attached hydrogens (tertiary/aromatic N) is 4. The number of methoxy groups -OCH3 is 1. The van der Waals surface area contributed by atoms with E-state index in [1.54, 1.807) is 24.1 Å². The average Bonchev–Trinajstić information content (AvgIpc) is 2.96. The summed E-state index contributed by atoms with van der Waals surface area (Å²) in [5.74, 6) is 0.647. The standard InChI is InChI=1S/C18H26N4O3S/c1-13-12-15-14(16(19-13)24-5)6-7-22(15)26-21-10-8-20(9-11-21)17(23)25-18(2,3)4/h6-7,12H,8-11H2,1-5H3. The fraction of sp³-hybridized carbons (Fsp3) is 0.556. The van der Waals surface area contributed by atoms with Crippen LogP contribution in [-0.2, 0) is 4.74 Å². The first-order valence-corrected chi connectivity index (χ1v) is 9.44. The highest BCUT2D eigenvalue weighted by Crippen LogP contribution is 2.29. The Hall–Kier alpha value is -1.93. The smallest absolute Gasteiger partial charge is 0.410 e. The molecule has 2 aromatic rings. The Labute approximate surface area is 158 Å². The van der Waals surface area contributed by atoms with Crippen LogP contribution in [0.5, 0.6) is 5.88 Å². The Morgan fingerprint density at radius 1 is 1.23 bits per heavy atom. The number of fused-ring (bicyclic) bond motifs is 1. The van der Waals surface area contributed by atoms with Crippen LogP contribution < -0.4 is 4.74 Å². The van der Waals surface area contributed by atoms with Crippen molar-refractivity contribution in [2.45, 2.75) is 33.3 Å². The van der Waals surface area contributed by atoms with Crippen molar-refractivity contribution in [3.63, 3.8) is 0 Å². The number of ether oxygens (including phenoxy) is 2. The zero-order valence-electron chi connectivity index (χ0n) is 16.0. The van der Waals surface area contributed by atoms with Gasteiger partial charge in [-0.3, -0.25) is 3.97 Å². The van der Waals surface area contributed by atoms with Crippen molar-refractivity contribution < 1.29 is 14.3 Å². The largest absolute Gasteiger partial charge is 0.480 e. The van der Waals surface area contributed by atoms with E-state index in [0.29, 0.717) is 19.0 Å². The second kappa shape index (κ2) is 7.36. The first-order chi connectivity index (χ1) is 12.3. The van der Waals surface area contributed by atoms with Crippen molar-refractivity contribution in [3.05, 3.63) is 24.0 Å². The van der Waals surface area contributed by atoms with Crippen molar-refractivity contribution in [3.8, 4) is 5.88 Å². The highest BCUT2D eigenvalue weighted by atomic mass is 32.2. The molecule has 1 aliphatic rings.